The van der Waals surface area contributed by atoms with Crippen LogP contribution < -0.4 is 11.1 Å². The number of carbonyl (C=O) groups is 1. The van der Waals surface area contributed by atoms with Crippen molar-refractivity contribution in [1.29, 1.82) is 0 Å². The molecule has 0 aromatic heterocycles. The van der Waals surface area contributed by atoms with Crippen molar-refractivity contribution in [3.05, 3.63) is 108 Å². The molecule has 26 heavy (non-hydrogen) atoms. The lowest BCUT2D eigenvalue weighted by molar-refractivity contribution is -0.732. The molecule has 0 heterocycles. The molecule has 132 valence electrons. The van der Waals surface area contributed by atoms with Crippen molar-refractivity contribution in [3.63, 3.8) is 0 Å². The van der Waals surface area contributed by atoms with E-state index in [1.54, 1.807) is 0 Å². The van der Waals surface area contributed by atoms with Crippen molar-refractivity contribution in [2.24, 2.45) is 5.73 Å². The van der Waals surface area contributed by atoms with E-state index in [1.807, 2.05) is 59.9 Å². The first-order valence-electron chi connectivity index (χ1n) is 8.61. The van der Waals surface area contributed by atoms with Gasteiger partial charge < -0.3 is 11.1 Å². The molecule has 0 unspecified atom stereocenters. The van der Waals surface area contributed by atoms with Gasteiger partial charge in [0.05, 0.1) is 5.75 Å². The van der Waals surface area contributed by atoms with Gasteiger partial charge >= 0.3 is 0 Å². The highest BCUT2D eigenvalue weighted by Gasteiger charge is 2.43. The second-order valence-electron chi connectivity index (χ2n) is 6.26. The third-order valence-electron chi connectivity index (χ3n) is 4.70. The lowest BCUT2D eigenvalue weighted by Crippen LogP contribution is -3.02. The number of quaternary nitrogens is 1. The molecule has 0 spiro atoms. The minimum absolute atomic E-state index is 0.365. The zero-order valence-electron chi connectivity index (χ0n) is 14.5. The summed E-state index contributed by atoms with van der Waals surface area (Å²) < 4.78 is 0. The fourth-order valence-electron chi connectivity index (χ4n) is 3.42. The fraction of sp³-hybridized carbons (Fsp3) is 0.136. The Labute approximate surface area is 159 Å². The van der Waals surface area contributed by atoms with Crippen molar-refractivity contribution in [2.45, 2.75) is 11.6 Å². The van der Waals surface area contributed by atoms with Crippen LogP contribution in [0.3, 0.4) is 0 Å². The molecule has 4 N–H and O–H groups in total. The topological polar surface area (TPSA) is 59.7 Å². The Bertz CT molecular complexity index is 741. The van der Waals surface area contributed by atoms with Gasteiger partial charge in [-0.25, -0.2) is 0 Å². The summed E-state index contributed by atoms with van der Waals surface area (Å²) in [5, 5.41) is 2.04. The molecule has 0 saturated heterocycles. The van der Waals surface area contributed by atoms with Gasteiger partial charge in [0.2, 0.25) is 0 Å². The first kappa shape index (κ1) is 18.2. The fourth-order valence-corrected chi connectivity index (χ4v) is 3.70. The molecule has 0 radical (unpaired) electrons. The van der Waals surface area contributed by atoms with Gasteiger partial charge in [-0.1, -0.05) is 91.0 Å². The van der Waals surface area contributed by atoms with E-state index in [0.717, 1.165) is 16.7 Å². The van der Waals surface area contributed by atoms with Crippen LogP contribution in [0, 0.1) is 0 Å². The summed E-state index contributed by atoms with van der Waals surface area (Å²) in [4.78, 5) is 12.0. The second kappa shape index (κ2) is 8.21. The molecule has 0 bridgehead atoms. The standard InChI is InChI=1S/C22H22N2OS/c23-21(25)20(16-26)24-22(17-10-4-1-5-11-17,18-12-6-2-7-13-18)19-14-8-3-9-15-19/h1-15,20,24,26H,16H2,(H2,23,25)/p+1/t20-/m0/s1. The van der Waals surface area contributed by atoms with Gasteiger partial charge in [0, 0.05) is 16.7 Å². The summed E-state index contributed by atoms with van der Waals surface area (Å²) in [5.74, 6) is -0.00370. The third kappa shape index (κ3) is 3.52. The van der Waals surface area contributed by atoms with Crippen LogP contribution in [0.5, 0.6) is 0 Å². The number of rotatable bonds is 7. The highest BCUT2D eigenvalue weighted by molar-refractivity contribution is 7.80. The third-order valence-corrected chi connectivity index (χ3v) is 5.09. The Morgan fingerprint density at radius 1 is 0.808 bits per heavy atom. The maximum absolute atomic E-state index is 12.0. The van der Waals surface area contributed by atoms with E-state index in [9.17, 15) is 4.79 Å². The summed E-state index contributed by atoms with van der Waals surface area (Å²) in [5.41, 5.74) is 8.34. The molecule has 0 aliphatic rings. The van der Waals surface area contributed by atoms with E-state index < -0.39 is 11.6 Å². The zero-order chi connectivity index (χ0) is 18.4. The quantitative estimate of drug-likeness (QED) is 0.438. The predicted octanol–water partition coefficient (Wildman–Crippen LogP) is 2.33. The van der Waals surface area contributed by atoms with Crippen LogP contribution in [0.1, 0.15) is 16.7 Å². The molecule has 3 nitrogen and oxygen atoms in total. The molecule has 0 saturated carbocycles. The number of carbonyl (C=O) groups excluding carboxylic acids is 1. The largest absolute Gasteiger partial charge is 0.364 e. The molecular formula is C22H23N2OS+. The summed E-state index contributed by atoms with van der Waals surface area (Å²) in [7, 11) is 0. The van der Waals surface area contributed by atoms with Gasteiger partial charge in [-0.05, 0) is 0 Å². The lowest BCUT2D eigenvalue weighted by atomic mass is 9.76. The number of benzene rings is 3. The molecule has 0 aliphatic carbocycles. The average molecular weight is 364 g/mol. The van der Waals surface area contributed by atoms with Crippen LogP contribution in [0.25, 0.3) is 0 Å². The first-order chi connectivity index (χ1) is 12.7. The Hall–Kier alpha value is -2.56. The summed E-state index contributed by atoms with van der Waals surface area (Å²) in [6.45, 7) is 0. The molecule has 3 rings (SSSR count). The van der Waals surface area contributed by atoms with Gasteiger partial charge in [-0.2, -0.15) is 12.6 Å². The van der Waals surface area contributed by atoms with E-state index in [1.165, 1.54) is 0 Å². The molecule has 3 aromatic rings. The van der Waals surface area contributed by atoms with Crippen LogP contribution in [0.4, 0.5) is 0 Å². The Morgan fingerprint density at radius 3 is 1.42 bits per heavy atom. The van der Waals surface area contributed by atoms with Crippen molar-refractivity contribution in [3.8, 4) is 0 Å². The Kier molecular flexibility index (Phi) is 5.76. The Morgan fingerprint density at radius 2 is 1.15 bits per heavy atom. The molecule has 1 atom stereocenters. The monoisotopic (exact) mass is 363 g/mol. The van der Waals surface area contributed by atoms with Gasteiger partial charge in [-0.3, -0.25) is 4.79 Å². The van der Waals surface area contributed by atoms with E-state index in [4.69, 9.17) is 5.73 Å². The number of amides is 1. The molecular weight excluding hydrogens is 340 g/mol. The van der Waals surface area contributed by atoms with E-state index in [-0.39, 0.29) is 5.91 Å². The van der Waals surface area contributed by atoms with E-state index >= 15 is 0 Å². The molecule has 3 aromatic carbocycles. The molecule has 1 amide bonds. The maximum atomic E-state index is 12.0. The summed E-state index contributed by atoms with van der Waals surface area (Å²) in [6.07, 6.45) is 0. The number of hydrogen-bond donors (Lipinski definition) is 3. The predicted molar refractivity (Wildman–Crippen MR) is 108 cm³/mol. The highest BCUT2D eigenvalue weighted by atomic mass is 32.1. The van der Waals surface area contributed by atoms with Crippen LogP contribution in [-0.4, -0.2) is 17.7 Å². The lowest BCUT2D eigenvalue weighted by Gasteiger charge is -2.35. The summed E-state index contributed by atoms with van der Waals surface area (Å²) >= 11 is 4.37. The van der Waals surface area contributed by atoms with Crippen LogP contribution >= 0.6 is 12.6 Å². The van der Waals surface area contributed by atoms with Gasteiger partial charge in [0.25, 0.3) is 5.91 Å². The smallest absolute Gasteiger partial charge is 0.276 e. The highest BCUT2D eigenvalue weighted by Crippen LogP contribution is 2.33. The zero-order valence-corrected chi connectivity index (χ0v) is 15.3. The second-order valence-corrected chi connectivity index (χ2v) is 6.63. The van der Waals surface area contributed by atoms with Crippen molar-refractivity contribution >= 4 is 18.5 Å². The molecule has 4 heteroatoms. The number of primary amides is 1. The Balaban J connectivity index is 2.29. The number of thiol groups is 1. The minimum atomic E-state index is -0.591. The first-order valence-corrected chi connectivity index (χ1v) is 9.24. The summed E-state index contributed by atoms with van der Waals surface area (Å²) in [6, 6.07) is 30.2. The number of hydrogen-bond acceptors (Lipinski definition) is 2. The number of nitrogens with two attached hydrogens (primary N) is 2. The SMILES string of the molecule is NC(=O)[C@H](CS)[NH2+]C(c1ccccc1)(c1ccccc1)c1ccccc1. The van der Waals surface area contributed by atoms with Crippen molar-refractivity contribution < 1.29 is 10.1 Å². The van der Waals surface area contributed by atoms with Crippen LogP contribution in [0.15, 0.2) is 91.0 Å². The minimum Gasteiger partial charge on any atom is -0.364 e. The van der Waals surface area contributed by atoms with Crippen molar-refractivity contribution in [1.82, 2.24) is 0 Å². The normalized spacial score (nSPS) is 12.5. The van der Waals surface area contributed by atoms with Gasteiger partial charge in [-0.15, -0.1) is 0 Å². The van der Waals surface area contributed by atoms with Crippen LogP contribution in [-0.2, 0) is 10.3 Å². The maximum Gasteiger partial charge on any atom is 0.276 e. The van der Waals surface area contributed by atoms with E-state index in [2.05, 4.69) is 49.0 Å². The van der Waals surface area contributed by atoms with E-state index in [0.29, 0.717) is 5.75 Å². The molecule has 0 aliphatic heterocycles. The van der Waals surface area contributed by atoms with Gasteiger partial charge in [0.1, 0.15) is 0 Å². The average Bonchev–Trinajstić information content (AvgIpc) is 2.71. The van der Waals surface area contributed by atoms with Gasteiger partial charge in [0.15, 0.2) is 11.6 Å². The van der Waals surface area contributed by atoms with Crippen molar-refractivity contribution in [2.75, 3.05) is 5.75 Å². The van der Waals surface area contributed by atoms with Crippen LogP contribution in [0.2, 0.25) is 0 Å². The molecule has 0 fully saturated rings.